The summed E-state index contributed by atoms with van der Waals surface area (Å²) in [7, 11) is 0. The first-order valence-electron chi connectivity index (χ1n) is 5.95. The normalized spacial score (nSPS) is 14.3. The standard InChI is InChI=1S/C14H12N2O2S/c17-12-4-1-2-6-15(12)9-11-8-14(19-10-11)16-7-3-5-13(16)18/h1-6,8,10H,7,9H2. The van der Waals surface area contributed by atoms with E-state index < -0.39 is 0 Å². The Kier molecular flexibility index (Phi) is 3.05. The molecule has 1 aliphatic heterocycles. The molecule has 3 rings (SSSR count). The average Bonchev–Trinajstić information content (AvgIpc) is 3.01. The van der Waals surface area contributed by atoms with E-state index in [2.05, 4.69) is 0 Å². The summed E-state index contributed by atoms with van der Waals surface area (Å²) in [5.74, 6) is 0.0188. The van der Waals surface area contributed by atoms with Crippen molar-refractivity contribution in [1.82, 2.24) is 4.57 Å². The van der Waals surface area contributed by atoms with Gasteiger partial charge in [0.05, 0.1) is 11.5 Å². The van der Waals surface area contributed by atoms with E-state index in [0.29, 0.717) is 13.1 Å². The lowest BCUT2D eigenvalue weighted by Crippen LogP contribution is -2.23. The average molecular weight is 272 g/mol. The van der Waals surface area contributed by atoms with Crippen LogP contribution in [0.2, 0.25) is 0 Å². The molecule has 0 radical (unpaired) electrons. The molecule has 3 heterocycles. The Morgan fingerprint density at radius 2 is 2.16 bits per heavy atom. The summed E-state index contributed by atoms with van der Waals surface area (Å²) in [5.41, 5.74) is 1.02. The molecule has 0 saturated heterocycles. The van der Waals surface area contributed by atoms with Crippen LogP contribution in [0.1, 0.15) is 5.56 Å². The van der Waals surface area contributed by atoms with E-state index in [0.717, 1.165) is 10.6 Å². The van der Waals surface area contributed by atoms with Gasteiger partial charge in [-0.15, -0.1) is 11.3 Å². The molecule has 4 nitrogen and oxygen atoms in total. The Balaban J connectivity index is 1.81. The van der Waals surface area contributed by atoms with Gasteiger partial charge in [0.25, 0.3) is 11.5 Å². The first-order chi connectivity index (χ1) is 9.24. The van der Waals surface area contributed by atoms with Gasteiger partial charge in [0, 0.05) is 24.9 Å². The van der Waals surface area contributed by atoms with Crippen molar-refractivity contribution in [2.75, 3.05) is 11.4 Å². The zero-order valence-corrected chi connectivity index (χ0v) is 11.0. The Hall–Kier alpha value is -2.14. The summed E-state index contributed by atoms with van der Waals surface area (Å²) >= 11 is 1.53. The van der Waals surface area contributed by atoms with E-state index in [-0.39, 0.29) is 11.5 Å². The van der Waals surface area contributed by atoms with Gasteiger partial charge in [-0.2, -0.15) is 0 Å². The number of carbonyl (C=O) groups excluding carboxylic acids is 1. The molecule has 0 spiro atoms. The molecule has 1 amide bonds. The summed E-state index contributed by atoms with van der Waals surface area (Å²) in [4.78, 5) is 24.9. The van der Waals surface area contributed by atoms with Crippen molar-refractivity contribution in [2.24, 2.45) is 0 Å². The van der Waals surface area contributed by atoms with Crippen LogP contribution in [-0.4, -0.2) is 17.0 Å². The molecule has 2 aromatic rings. The van der Waals surface area contributed by atoms with Crippen molar-refractivity contribution >= 4 is 22.2 Å². The molecule has 1 aliphatic rings. The van der Waals surface area contributed by atoms with E-state index in [4.69, 9.17) is 0 Å². The zero-order chi connectivity index (χ0) is 13.2. The number of hydrogen-bond acceptors (Lipinski definition) is 3. The molecule has 0 atom stereocenters. The number of hydrogen-bond donors (Lipinski definition) is 0. The van der Waals surface area contributed by atoms with Crippen molar-refractivity contribution < 1.29 is 4.79 Å². The number of rotatable bonds is 3. The third-order valence-electron chi connectivity index (χ3n) is 2.97. The predicted octanol–water partition coefficient (Wildman–Crippen LogP) is 1.86. The lowest BCUT2D eigenvalue weighted by Gasteiger charge is -2.11. The molecule has 0 fully saturated rings. The van der Waals surface area contributed by atoms with Crippen molar-refractivity contribution in [3.63, 3.8) is 0 Å². The molecule has 0 bridgehead atoms. The highest BCUT2D eigenvalue weighted by molar-refractivity contribution is 7.14. The van der Waals surface area contributed by atoms with Crippen LogP contribution in [0.5, 0.6) is 0 Å². The van der Waals surface area contributed by atoms with E-state index in [1.54, 1.807) is 33.9 Å². The molecule has 0 aliphatic carbocycles. The molecule has 5 heteroatoms. The number of aromatic nitrogens is 1. The van der Waals surface area contributed by atoms with Gasteiger partial charge in [0.15, 0.2) is 0 Å². The second-order valence-electron chi connectivity index (χ2n) is 4.31. The third kappa shape index (κ3) is 2.37. The van der Waals surface area contributed by atoms with Crippen molar-refractivity contribution in [1.29, 1.82) is 0 Å². The summed E-state index contributed by atoms with van der Waals surface area (Å²) in [6, 6.07) is 7.07. The Bertz CT molecular complexity index is 699. The van der Waals surface area contributed by atoms with Crippen molar-refractivity contribution in [2.45, 2.75) is 6.54 Å². The van der Waals surface area contributed by atoms with E-state index in [9.17, 15) is 9.59 Å². The van der Waals surface area contributed by atoms with Crippen LogP contribution in [0.4, 0.5) is 5.00 Å². The van der Waals surface area contributed by atoms with E-state index >= 15 is 0 Å². The highest BCUT2D eigenvalue weighted by atomic mass is 32.1. The largest absolute Gasteiger partial charge is 0.311 e. The molecule has 0 unspecified atom stereocenters. The summed E-state index contributed by atoms with van der Waals surface area (Å²) in [6.45, 7) is 1.16. The van der Waals surface area contributed by atoms with Crippen LogP contribution in [0, 0.1) is 0 Å². The topological polar surface area (TPSA) is 42.3 Å². The van der Waals surface area contributed by atoms with Crippen LogP contribution in [0.3, 0.4) is 0 Å². The first-order valence-corrected chi connectivity index (χ1v) is 6.83. The monoisotopic (exact) mass is 272 g/mol. The van der Waals surface area contributed by atoms with Gasteiger partial charge in [-0.3, -0.25) is 14.5 Å². The summed E-state index contributed by atoms with van der Waals surface area (Å²) in [5, 5.41) is 2.91. The molecule has 0 N–H and O–H groups in total. The molecule has 2 aromatic heterocycles. The number of pyridine rings is 1. The van der Waals surface area contributed by atoms with E-state index in [1.165, 1.54) is 11.3 Å². The van der Waals surface area contributed by atoms with Gasteiger partial charge in [0.1, 0.15) is 0 Å². The molecule has 19 heavy (non-hydrogen) atoms. The van der Waals surface area contributed by atoms with Crippen LogP contribution in [0.15, 0.2) is 52.8 Å². The zero-order valence-electron chi connectivity index (χ0n) is 10.2. The SMILES string of the molecule is O=C1C=CCN1c1cc(Cn2ccccc2=O)cs1. The highest BCUT2D eigenvalue weighted by Crippen LogP contribution is 2.27. The molecule has 0 saturated carbocycles. The maximum Gasteiger partial charge on any atom is 0.251 e. The lowest BCUT2D eigenvalue weighted by molar-refractivity contribution is -0.113. The second-order valence-corrected chi connectivity index (χ2v) is 5.20. The van der Waals surface area contributed by atoms with Gasteiger partial charge in [-0.1, -0.05) is 12.1 Å². The number of nitrogens with zero attached hydrogens (tertiary/aromatic N) is 2. The molecule has 0 aromatic carbocycles. The second kappa shape index (κ2) is 4.85. The molecular formula is C14H12N2O2S. The fourth-order valence-corrected chi connectivity index (χ4v) is 2.94. The van der Waals surface area contributed by atoms with Crippen molar-refractivity contribution in [3.05, 3.63) is 63.9 Å². The van der Waals surface area contributed by atoms with Crippen LogP contribution < -0.4 is 10.5 Å². The first kappa shape index (κ1) is 11.9. The van der Waals surface area contributed by atoms with Crippen LogP contribution >= 0.6 is 11.3 Å². The Labute approximate surface area is 114 Å². The fourth-order valence-electron chi connectivity index (χ4n) is 2.01. The summed E-state index contributed by atoms with van der Waals surface area (Å²) < 4.78 is 1.65. The number of amides is 1. The summed E-state index contributed by atoms with van der Waals surface area (Å²) in [6.07, 6.45) is 5.20. The lowest BCUT2D eigenvalue weighted by atomic mass is 10.3. The Morgan fingerprint density at radius 1 is 1.26 bits per heavy atom. The van der Waals surface area contributed by atoms with Gasteiger partial charge in [-0.05, 0) is 23.1 Å². The van der Waals surface area contributed by atoms with E-state index in [1.807, 2.05) is 23.6 Å². The molecular weight excluding hydrogens is 260 g/mol. The van der Waals surface area contributed by atoms with Gasteiger partial charge < -0.3 is 4.57 Å². The maximum atomic E-state index is 11.6. The van der Waals surface area contributed by atoms with Gasteiger partial charge >= 0.3 is 0 Å². The highest BCUT2D eigenvalue weighted by Gasteiger charge is 2.18. The smallest absolute Gasteiger partial charge is 0.251 e. The van der Waals surface area contributed by atoms with Crippen LogP contribution in [0.25, 0.3) is 0 Å². The quantitative estimate of drug-likeness (QED) is 0.856. The fraction of sp³-hybridized carbons (Fsp3) is 0.143. The number of thiophene rings is 1. The minimum absolute atomic E-state index is 0.0188. The number of carbonyl (C=O) groups is 1. The Morgan fingerprint density at radius 3 is 2.89 bits per heavy atom. The minimum atomic E-state index is -0.0193. The maximum absolute atomic E-state index is 11.6. The predicted molar refractivity (Wildman–Crippen MR) is 75.6 cm³/mol. The number of anilines is 1. The van der Waals surface area contributed by atoms with Gasteiger partial charge in [-0.25, -0.2) is 0 Å². The molecule has 96 valence electrons. The van der Waals surface area contributed by atoms with Crippen LogP contribution in [-0.2, 0) is 11.3 Å². The minimum Gasteiger partial charge on any atom is -0.311 e. The third-order valence-corrected chi connectivity index (χ3v) is 3.97. The van der Waals surface area contributed by atoms with Gasteiger partial charge in [0.2, 0.25) is 0 Å². The van der Waals surface area contributed by atoms with Crippen molar-refractivity contribution in [3.8, 4) is 0 Å².